The highest BCUT2D eigenvalue weighted by molar-refractivity contribution is 7.16. The summed E-state index contributed by atoms with van der Waals surface area (Å²) in [6.45, 7) is 5.85. The number of aryl methyl sites for hydroxylation is 1. The van der Waals surface area contributed by atoms with Crippen LogP contribution in [0.2, 0.25) is 0 Å². The van der Waals surface area contributed by atoms with Gasteiger partial charge in [0.05, 0.1) is 17.7 Å². The SMILES string of the molecule is CCOC(=O)c1c(NC(=O)c2ccsc2)sc(C)c1C. The Bertz CT molecular complexity index is 629. The van der Waals surface area contributed by atoms with E-state index in [2.05, 4.69) is 5.32 Å². The van der Waals surface area contributed by atoms with Gasteiger partial charge in [-0.3, -0.25) is 4.79 Å². The molecule has 0 bridgehead atoms. The van der Waals surface area contributed by atoms with E-state index < -0.39 is 5.97 Å². The highest BCUT2D eigenvalue weighted by Crippen LogP contribution is 2.33. The van der Waals surface area contributed by atoms with Crippen LogP contribution in [0.15, 0.2) is 16.8 Å². The van der Waals surface area contributed by atoms with Crippen molar-refractivity contribution in [3.05, 3.63) is 38.4 Å². The molecule has 0 saturated heterocycles. The molecule has 0 aliphatic rings. The fourth-order valence-electron chi connectivity index (χ4n) is 1.73. The highest BCUT2D eigenvalue weighted by atomic mass is 32.1. The first kappa shape index (κ1) is 14.7. The molecule has 0 aliphatic heterocycles. The fourth-order valence-corrected chi connectivity index (χ4v) is 3.41. The fraction of sp³-hybridized carbons (Fsp3) is 0.286. The van der Waals surface area contributed by atoms with E-state index >= 15 is 0 Å². The normalized spacial score (nSPS) is 10.3. The van der Waals surface area contributed by atoms with Crippen molar-refractivity contribution in [2.75, 3.05) is 11.9 Å². The van der Waals surface area contributed by atoms with Crippen LogP contribution in [-0.2, 0) is 4.74 Å². The van der Waals surface area contributed by atoms with Crippen molar-refractivity contribution in [1.82, 2.24) is 0 Å². The van der Waals surface area contributed by atoms with Gasteiger partial charge < -0.3 is 10.1 Å². The number of nitrogens with one attached hydrogen (secondary N) is 1. The summed E-state index contributed by atoms with van der Waals surface area (Å²) >= 11 is 2.85. The van der Waals surface area contributed by atoms with Crippen LogP contribution in [0.3, 0.4) is 0 Å². The lowest BCUT2D eigenvalue weighted by Gasteiger charge is -2.06. The average Bonchev–Trinajstić information content (AvgIpc) is 3.00. The molecule has 2 aromatic heterocycles. The van der Waals surface area contributed by atoms with Gasteiger partial charge >= 0.3 is 5.97 Å². The number of ether oxygens (including phenoxy) is 1. The third-order valence-corrected chi connectivity index (χ3v) is 4.68. The molecule has 0 radical (unpaired) electrons. The quantitative estimate of drug-likeness (QED) is 0.873. The number of carbonyl (C=O) groups is 2. The zero-order valence-electron chi connectivity index (χ0n) is 11.5. The molecular weight excluding hydrogens is 294 g/mol. The second kappa shape index (κ2) is 6.19. The maximum absolute atomic E-state index is 12.1. The standard InChI is InChI=1S/C14H15NO3S2/c1-4-18-14(17)11-8(2)9(3)20-13(11)15-12(16)10-5-6-19-7-10/h5-7H,4H2,1-3H3,(H,15,16). The molecule has 6 heteroatoms. The van der Waals surface area contributed by atoms with E-state index in [1.807, 2.05) is 19.2 Å². The first-order valence-electron chi connectivity index (χ1n) is 6.15. The van der Waals surface area contributed by atoms with Crippen LogP contribution in [0.5, 0.6) is 0 Å². The van der Waals surface area contributed by atoms with Crippen molar-refractivity contribution < 1.29 is 14.3 Å². The number of hydrogen-bond acceptors (Lipinski definition) is 5. The smallest absolute Gasteiger partial charge is 0.341 e. The van der Waals surface area contributed by atoms with Gasteiger partial charge in [0.25, 0.3) is 5.91 Å². The summed E-state index contributed by atoms with van der Waals surface area (Å²) in [6.07, 6.45) is 0. The molecule has 2 aromatic rings. The third-order valence-electron chi connectivity index (χ3n) is 2.88. The lowest BCUT2D eigenvalue weighted by molar-refractivity contribution is 0.0527. The van der Waals surface area contributed by atoms with Crippen LogP contribution in [0.4, 0.5) is 5.00 Å². The van der Waals surface area contributed by atoms with Gasteiger partial charge in [-0.2, -0.15) is 11.3 Å². The molecule has 4 nitrogen and oxygen atoms in total. The van der Waals surface area contributed by atoms with Crippen molar-refractivity contribution >= 4 is 39.6 Å². The molecular formula is C14H15NO3S2. The third kappa shape index (κ3) is 2.91. The van der Waals surface area contributed by atoms with Gasteiger partial charge in [-0.25, -0.2) is 4.79 Å². The van der Waals surface area contributed by atoms with E-state index in [-0.39, 0.29) is 5.91 Å². The van der Waals surface area contributed by atoms with Crippen LogP contribution >= 0.6 is 22.7 Å². The minimum Gasteiger partial charge on any atom is -0.462 e. The van der Waals surface area contributed by atoms with Crippen LogP contribution in [0.25, 0.3) is 0 Å². The van der Waals surface area contributed by atoms with Crippen molar-refractivity contribution in [2.45, 2.75) is 20.8 Å². The largest absolute Gasteiger partial charge is 0.462 e. The lowest BCUT2D eigenvalue weighted by Crippen LogP contribution is -2.14. The monoisotopic (exact) mass is 309 g/mol. The summed E-state index contributed by atoms with van der Waals surface area (Å²) < 4.78 is 5.05. The summed E-state index contributed by atoms with van der Waals surface area (Å²) in [5.41, 5.74) is 1.90. The van der Waals surface area contributed by atoms with Gasteiger partial charge in [-0.15, -0.1) is 11.3 Å². The van der Waals surface area contributed by atoms with Crippen LogP contribution in [-0.4, -0.2) is 18.5 Å². The number of anilines is 1. The number of carbonyl (C=O) groups excluding carboxylic acids is 2. The van der Waals surface area contributed by atoms with Gasteiger partial charge in [-0.1, -0.05) is 0 Å². The Morgan fingerprint density at radius 1 is 1.35 bits per heavy atom. The summed E-state index contributed by atoms with van der Waals surface area (Å²) in [7, 11) is 0. The molecule has 0 unspecified atom stereocenters. The second-order valence-corrected chi connectivity index (χ2v) is 6.18. The van der Waals surface area contributed by atoms with Gasteiger partial charge in [0, 0.05) is 10.3 Å². The van der Waals surface area contributed by atoms with Crippen molar-refractivity contribution in [2.24, 2.45) is 0 Å². The van der Waals surface area contributed by atoms with Crippen LogP contribution < -0.4 is 5.32 Å². The molecule has 0 saturated carbocycles. The number of esters is 1. The maximum atomic E-state index is 12.1. The van der Waals surface area contributed by atoms with Crippen molar-refractivity contribution in [3.8, 4) is 0 Å². The van der Waals surface area contributed by atoms with E-state index in [4.69, 9.17) is 4.74 Å². The van der Waals surface area contributed by atoms with Crippen molar-refractivity contribution in [1.29, 1.82) is 0 Å². The topological polar surface area (TPSA) is 55.4 Å². The van der Waals surface area contributed by atoms with E-state index in [0.29, 0.717) is 22.7 Å². The predicted octanol–water partition coefficient (Wildman–Crippen LogP) is 3.86. The van der Waals surface area contributed by atoms with Gasteiger partial charge in [0.2, 0.25) is 0 Å². The number of rotatable bonds is 4. The Morgan fingerprint density at radius 2 is 2.10 bits per heavy atom. The molecule has 2 heterocycles. The van der Waals surface area contributed by atoms with E-state index in [1.165, 1.54) is 22.7 Å². The molecule has 0 atom stereocenters. The molecule has 0 fully saturated rings. The molecule has 1 N–H and O–H groups in total. The minimum atomic E-state index is -0.394. The highest BCUT2D eigenvalue weighted by Gasteiger charge is 2.22. The van der Waals surface area contributed by atoms with E-state index in [9.17, 15) is 9.59 Å². The van der Waals surface area contributed by atoms with Gasteiger partial charge in [0.1, 0.15) is 5.00 Å². The first-order chi connectivity index (χ1) is 9.54. The predicted molar refractivity (Wildman–Crippen MR) is 82.0 cm³/mol. The zero-order chi connectivity index (χ0) is 14.7. The first-order valence-corrected chi connectivity index (χ1v) is 7.91. The molecule has 1 amide bonds. The molecule has 20 heavy (non-hydrogen) atoms. The Morgan fingerprint density at radius 3 is 2.70 bits per heavy atom. The van der Waals surface area contributed by atoms with Crippen LogP contribution in [0, 0.1) is 13.8 Å². The van der Waals surface area contributed by atoms with Crippen molar-refractivity contribution in [3.63, 3.8) is 0 Å². The average molecular weight is 309 g/mol. The lowest BCUT2D eigenvalue weighted by atomic mass is 10.1. The number of thiophene rings is 2. The summed E-state index contributed by atoms with van der Waals surface area (Å²) in [5.74, 6) is -0.604. The molecule has 0 aliphatic carbocycles. The zero-order valence-corrected chi connectivity index (χ0v) is 13.1. The molecule has 2 rings (SSSR count). The Balaban J connectivity index is 2.30. The summed E-state index contributed by atoms with van der Waals surface area (Å²) in [4.78, 5) is 25.1. The van der Waals surface area contributed by atoms with Crippen LogP contribution in [0.1, 0.15) is 38.1 Å². The molecule has 0 aromatic carbocycles. The Hall–Kier alpha value is -1.66. The minimum absolute atomic E-state index is 0.210. The summed E-state index contributed by atoms with van der Waals surface area (Å²) in [5, 5.41) is 6.96. The van der Waals surface area contributed by atoms with E-state index in [1.54, 1.807) is 18.4 Å². The number of hydrogen-bond donors (Lipinski definition) is 1. The van der Waals surface area contributed by atoms with E-state index in [0.717, 1.165) is 10.4 Å². The Labute approximate surface area is 125 Å². The van der Waals surface area contributed by atoms with Gasteiger partial charge in [-0.05, 0) is 37.8 Å². The van der Waals surface area contributed by atoms with Gasteiger partial charge in [0.15, 0.2) is 0 Å². The summed E-state index contributed by atoms with van der Waals surface area (Å²) in [6, 6.07) is 1.75. The number of amides is 1. The second-order valence-electron chi connectivity index (χ2n) is 4.17. The Kier molecular flexibility index (Phi) is 4.57. The molecule has 106 valence electrons. The molecule has 0 spiro atoms. The maximum Gasteiger partial charge on any atom is 0.341 e.